The zero-order chi connectivity index (χ0) is 74.3. The lowest BCUT2D eigenvalue weighted by Crippen LogP contribution is -2.11. The highest BCUT2D eigenvalue weighted by molar-refractivity contribution is 6.11. The quantitative estimate of drug-likeness (QED) is 0.0903. The molecule has 18 aromatic carbocycles. The van der Waals surface area contributed by atoms with Crippen molar-refractivity contribution in [3.63, 3.8) is 0 Å². The standard InChI is InChI=1S/C108H74N4/c1-9-31-75(32-10-1)93-67-65-91(73-97(93)79-35-13-3-14-36-79)109(101-53-29-49-77-39-25-27-51-95(77)101)87-57-61-89(62-58-87)111-103-69-55-85(71-99(103)105(81-41-17-5-18-42-81)107(111)83-45-21-7-22-46-83)86-56-70-104-100(72-86)106(82-43-19-6-20-44-82)108(84-47-23-8-24-48-84)112(104)90-63-59-88(60-64-90)110(102-54-30-50-78-40-26-28-52-96(78)102)92-66-68-94(76-33-11-2-12-34-76)98(74-92)80-37-15-4-16-38-80/h1-74H. The van der Waals surface area contributed by atoms with Crippen molar-refractivity contribution < 1.29 is 0 Å². The van der Waals surface area contributed by atoms with Crippen LogP contribution in [-0.2, 0) is 0 Å². The summed E-state index contributed by atoms with van der Waals surface area (Å²) in [7, 11) is 0. The second kappa shape index (κ2) is 29.0. The molecule has 0 aliphatic heterocycles. The molecule has 0 amide bonds. The minimum Gasteiger partial charge on any atom is -0.310 e. The molecule has 0 saturated carbocycles. The highest BCUT2D eigenvalue weighted by atomic mass is 15.2. The first kappa shape index (κ1) is 66.6. The lowest BCUT2D eigenvalue weighted by molar-refractivity contribution is 1.13. The fourth-order valence-corrected chi connectivity index (χ4v) is 17.0. The van der Waals surface area contributed by atoms with Gasteiger partial charge in [0.15, 0.2) is 0 Å². The van der Waals surface area contributed by atoms with E-state index in [1.165, 1.54) is 66.1 Å². The van der Waals surface area contributed by atoms with Crippen LogP contribution in [0.4, 0.5) is 34.1 Å². The predicted molar refractivity (Wildman–Crippen MR) is 473 cm³/mol. The molecule has 0 unspecified atom stereocenters. The van der Waals surface area contributed by atoms with Gasteiger partial charge in [-0.05, 0) is 198 Å². The van der Waals surface area contributed by atoms with Crippen LogP contribution in [0.3, 0.4) is 0 Å². The molecule has 0 radical (unpaired) electrons. The van der Waals surface area contributed by atoms with E-state index in [9.17, 15) is 0 Å². The Morgan fingerprint density at radius 2 is 0.455 bits per heavy atom. The van der Waals surface area contributed by atoms with Crippen LogP contribution in [0.1, 0.15) is 0 Å². The summed E-state index contributed by atoms with van der Waals surface area (Å²) in [4.78, 5) is 4.87. The lowest BCUT2D eigenvalue weighted by atomic mass is 9.93. The number of rotatable bonds is 17. The highest BCUT2D eigenvalue weighted by Gasteiger charge is 2.28. The van der Waals surface area contributed by atoms with E-state index in [0.717, 1.165) is 123 Å². The fourth-order valence-electron chi connectivity index (χ4n) is 17.0. The maximum absolute atomic E-state index is 2.49. The summed E-state index contributed by atoms with van der Waals surface area (Å²) in [5.74, 6) is 0. The molecule has 4 heteroatoms. The molecule has 0 spiro atoms. The van der Waals surface area contributed by atoms with Gasteiger partial charge < -0.3 is 18.9 Å². The number of benzene rings is 18. The lowest BCUT2D eigenvalue weighted by Gasteiger charge is -2.28. The molecule has 0 N–H and O–H groups in total. The van der Waals surface area contributed by atoms with E-state index in [1.807, 2.05) is 0 Å². The van der Waals surface area contributed by atoms with Gasteiger partial charge in [-0.25, -0.2) is 0 Å². The second-order valence-electron chi connectivity index (χ2n) is 28.7. The van der Waals surface area contributed by atoms with Crippen molar-refractivity contribution in [1.82, 2.24) is 9.13 Å². The molecule has 0 saturated heterocycles. The fraction of sp³-hybridized carbons (Fsp3) is 0. The molecule has 20 rings (SSSR count). The number of fused-ring (bicyclic) bond motifs is 4. The van der Waals surface area contributed by atoms with Crippen LogP contribution < -0.4 is 9.80 Å². The molecule has 112 heavy (non-hydrogen) atoms. The Labute approximate surface area is 652 Å². The number of aromatic nitrogens is 2. The van der Waals surface area contributed by atoms with Gasteiger partial charge >= 0.3 is 0 Å². The van der Waals surface area contributed by atoms with Gasteiger partial charge in [-0.1, -0.05) is 340 Å². The average molecular weight is 1430 g/mol. The van der Waals surface area contributed by atoms with Crippen LogP contribution in [0.15, 0.2) is 449 Å². The first-order valence-electron chi connectivity index (χ1n) is 38.5. The van der Waals surface area contributed by atoms with Gasteiger partial charge in [-0.2, -0.15) is 0 Å². The molecule has 2 aromatic heterocycles. The summed E-state index contributed by atoms with van der Waals surface area (Å²) in [6.07, 6.45) is 0. The number of hydrogen-bond acceptors (Lipinski definition) is 2. The van der Waals surface area contributed by atoms with E-state index in [1.54, 1.807) is 0 Å². The first-order chi connectivity index (χ1) is 55.6. The molecule has 526 valence electrons. The number of hydrogen-bond donors (Lipinski definition) is 0. The minimum atomic E-state index is 1.05. The number of nitrogens with zero attached hydrogens (tertiary/aromatic N) is 4. The summed E-state index contributed by atoms with van der Waals surface area (Å²) in [6.45, 7) is 0. The third-order valence-corrected chi connectivity index (χ3v) is 22.1. The van der Waals surface area contributed by atoms with E-state index in [4.69, 9.17) is 0 Å². The van der Waals surface area contributed by atoms with Crippen LogP contribution in [0, 0.1) is 0 Å². The van der Waals surface area contributed by atoms with Crippen LogP contribution in [0.2, 0.25) is 0 Å². The average Bonchev–Trinajstić information content (AvgIpc) is 1.58. The topological polar surface area (TPSA) is 16.3 Å². The maximum Gasteiger partial charge on any atom is 0.0619 e. The van der Waals surface area contributed by atoms with Crippen LogP contribution in [0.25, 0.3) is 155 Å². The SMILES string of the molecule is c1ccc(-c2ccc(N(c3ccc(-n4c(-c5ccccc5)c(-c5ccccc5)c5cc(-c6ccc7c(c6)c(-c6ccccc6)c(-c6ccccc6)n7-c6ccc(N(c7ccc(-c8ccccc8)c(-c8ccccc8)c7)c7cccc8ccccc78)cc6)ccc54)cc3)c3cccc4ccccc34)cc2-c2ccccc2)cc1. The van der Waals surface area contributed by atoms with E-state index in [-0.39, 0.29) is 0 Å². The van der Waals surface area contributed by atoms with Crippen LogP contribution in [0.5, 0.6) is 0 Å². The monoisotopic (exact) mass is 1430 g/mol. The molecule has 0 fully saturated rings. The molecular formula is C108H74N4. The Balaban J connectivity index is 0.746. The van der Waals surface area contributed by atoms with Crippen LogP contribution in [-0.4, -0.2) is 9.13 Å². The van der Waals surface area contributed by atoms with E-state index >= 15 is 0 Å². The van der Waals surface area contributed by atoms with Gasteiger partial charge in [-0.15, -0.1) is 0 Å². The van der Waals surface area contributed by atoms with Gasteiger partial charge in [0, 0.05) is 66.8 Å². The van der Waals surface area contributed by atoms with Gasteiger partial charge in [0.1, 0.15) is 0 Å². The largest absolute Gasteiger partial charge is 0.310 e. The van der Waals surface area contributed by atoms with Gasteiger partial charge in [-0.3, -0.25) is 0 Å². The molecule has 0 atom stereocenters. The Hall–Kier alpha value is -14.8. The van der Waals surface area contributed by atoms with Gasteiger partial charge in [0.25, 0.3) is 0 Å². The van der Waals surface area contributed by atoms with Crippen molar-refractivity contribution in [2.24, 2.45) is 0 Å². The second-order valence-corrected chi connectivity index (χ2v) is 28.7. The Kier molecular flexibility index (Phi) is 17.3. The van der Waals surface area contributed by atoms with Gasteiger partial charge in [0.2, 0.25) is 0 Å². The van der Waals surface area contributed by atoms with Crippen molar-refractivity contribution in [1.29, 1.82) is 0 Å². The van der Waals surface area contributed by atoms with E-state index in [2.05, 4.69) is 468 Å². The van der Waals surface area contributed by atoms with E-state index < -0.39 is 0 Å². The van der Waals surface area contributed by atoms with Crippen molar-refractivity contribution in [3.8, 4) is 112 Å². The summed E-state index contributed by atoms with van der Waals surface area (Å²) >= 11 is 0. The molecule has 4 nitrogen and oxygen atoms in total. The Bertz CT molecular complexity index is 6370. The summed E-state index contributed by atoms with van der Waals surface area (Å²) in [6, 6.07) is 164. The molecular weight excluding hydrogens is 1350 g/mol. The third-order valence-electron chi connectivity index (χ3n) is 22.1. The predicted octanol–water partition coefficient (Wildman–Crippen LogP) is 29.8. The molecule has 0 aliphatic rings. The Morgan fingerprint density at radius 3 is 0.804 bits per heavy atom. The maximum atomic E-state index is 2.49. The smallest absolute Gasteiger partial charge is 0.0619 e. The number of anilines is 6. The Morgan fingerprint density at radius 1 is 0.170 bits per heavy atom. The van der Waals surface area contributed by atoms with Crippen molar-refractivity contribution >= 4 is 77.5 Å². The van der Waals surface area contributed by atoms with Crippen molar-refractivity contribution in [2.75, 3.05) is 9.80 Å². The molecule has 2 heterocycles. The zero-order valence-electron chi connectivity index (χ0n) is 61.5. The van der Waals surface area contributed by atoms with E-state index in [0.29, 0.717) is 0 Å². The highest BCUT2D eigenvalue weighted by Crippen LogP contribution is 2.51. The first-order valence-corrected chi connectivity index (χ1v) is 38.5. The molecule has 0 aliphatic carbocycles. The summed E-state index contributed by atoms with van der Waals surface area (Å²) in [5.41, 5.74) is 31.5. The zero-order valence-corrected chi connectivity index (χ0v) is 61.5. The van der Waals surface area contributed by atoms with Crippen molar-refractivity contribution in [3.05, 3.63) is 449 Å². The normalized spacial score (nSPS) is 11.4. The molecule has 20 aromatic rings. The van der Waals surface area contributed by atoms with Gasteiger partial charge in [0.05, 0.1) is 33.8 Å². The van der Waals surface area contributed by atoms with Crippen LogP contribution >= 0.6 is 0 Å². The molecule has 0 bridgehead atoms. The third kappa shape index (κ3) is 12.2. The minimum absolute atomic E-state index is 1.05. The summed E-state index contributed by atoms with van der Waals surface area (Å²) < 4.78 is 4.98. The van der Waals surface area contributed by atoms with Crippen molar-refractivity contribution in [2.45, 2.75) is 0 Å². The summed E-state index contributed by atoms with van der Waals surface area (Å²) in [5, 5.41) is 7.01.